The van der Waals surface area contributed by atoms with Crippen molar-refractivity contribution in [3.63, 3.8) is 0 Å². The Balaban J connectivity index is 0.000000375. The highest BCUT2D eigenvalue weighted by Gasteiger charge is 2.31. The van der Waals surface area contributed by atoms with E-state index in [1.807, 2.05) is 0 Å². The molecule has 2 aliphatic heterocycles. The Kier molecular flexibility index (Phi) is 11.1. The largest absolute Gasteiger partial charge is 0.473 e. The van der Waals surface area contributed by atoms with Crippen LogP contribution in [0.1, 0.15) is 0 Å². The topological polar surface area (TPSA) is 198 Å². The highest BCUT2D eigenvalue weighted by molar-refractivity contribution is 6.27. The normalized spacial score (nSPS) is 18.2. The fourth-order valence-electron chi connectivity index (χ4n) is 1.58. The van der Waals surface area contributed by atoms with Gasteiger partial charge in [0.2, 0.25) is 0 Å². The molecule has 0 unspecified atom stereocenters. The maximum absolute atomic E-state index is 10.7. The van der Waals surface area contributed by atoms with E-state index in [1.54, 1.807) is 0 Å². The van der Waals surface area contributed by atoms with Crippen molar-refractivity contribution in [2.45, 2.75) is 12.1 Å². The van der Waals surface area contributed by atoms with Crippen LogP contribution < -0.4 is 11.5 Å². The lowest BCUT2D eigenvalue weighted by Crippen LogP contribution is -2.48. The van der Waals surface area contributed by atoms with Gasteiger partial charge in [-0.15, -0.1) is 0 Å². The van der Waals surface area contributed by atoms with Gasteiger partial charge < -0.3 is 40.6 Å². The summed E-state index contributed by atoms with van der Waals surface area (Å²) in [6.45, 7) is 2.32. The number of carbonyl (C=O) groups is 4. The summed E-state index contributed by atoms with van der Waals surface area (Å²) < 4.78 is 18.6. The van der Waals surface area contributed by atoms with Crippen LogP contribution in [0.15, 0.2) is 0 Å². The highest BCUT2D eigenvalue weighted by atomic mass is 16.5. The third-order valence-corrected chi connectivity index (χ3v) is 3.47. The highest BCUT2D eigenvalue weighted by Crippen LogP contribution is 2.14. The van der Waals surface area contributed by atoms with Gasteiger partial charge in [0.15, 0.2) is 0 Å². The molecule has 12 nitrogen and oxygen atoms in total. The smallest absolute Gasteiger partial charge is 0.414 e. The minimum atomic E-state index is -1.82. The summed E-state index contributed by atoms with van der Waals surface area (Å²) in [5.74, 6) is -4.04. The predicted octanol–water partition coefficient (Wildman–Crippen LogP) is -2.58. The minimum absolute atomic E-state index is 0.160. The quantitative estimate of drug-likeness (QED) is 0.294. The van der Waals surface area contributed by atoms with Crippen LogP contribution in [0, 0.1) is 11.8 Å². The fraction of sp³-hybridized carbons (Fsp3) is 0.714. The maximum Gasteiger partial charge on any atom is 0.414 e. The first-order valence-corrected chi connectivity index (χ1v) is 7.44. The monoisotopic (exact) mass is 380 g/mol. The number of esters is 2. The molecule has 26 heavy (non-hydrogen) atoms. The van der Waals surface area contributed by atoms with Gasteiger partial charge in [-0.25, -0.2) is 9.59 Å². The molecule has 0 aromatic heterocycles. The molecule has 150 valence electrons. The second-order valence-electron chi connectivity index (χ2n) is 5.30. The van der Waals surface area contributed by atoms with Crippen molar-refractivity contribution < 1.29 is 48.3 Å². The predicted molar refractivity (Wildman–Crippen MR) is 83.9 cm³/mol. The Hall–Kier alpha value is -2.28. The zero-order valence-corrected chi connectivity index (χ0v) is 14.5. The standard InChI is InChI=1S/2C6H11NO3.C2H2O4/c2*1-9-6(8)5(7)4-2-10-3-4;3-1(4)2(5)6/h2*4-5H,2-3,7H2,1H3;(H,3,4)(H,5,6)/t2*5-;/m11./s1. The lowest BCUT2D eigenvalue weighted by atomic mass is 9.99. The summed E-state index contributed by atoms with van der Waals surface area (Å²) in [7, 11) is 2.67. The van der Waals surface area contributed by atoms with Gasteiger partial charge in [0, 0.05) is 11.8 Å². The first-order chi connectivity index (χ1) is 12.1. The lowest BCUT2D eigenvalue weighted by molar-refractivity contribution is -0.159. The van der Waals surface area contributed by atoms with Crippen LogP contribution in [-0.4, -0.2) is 86.8 Å². The van der Waals surface area contributed by atoms with E-state index in [0.29, 0.717) is 26.4 Å². The molecule has 2 atom stereocenters. The Morgan fingerprint density at radius 2 is 1.08 bits per heavy atom. The molecular formula is C14H24N2O10. The summed E-state index contributed by atoms with van der Waals surface area (Å²) in [5, 5.41) is 14.8. The van der Waals surface area contributed by atoms with Crippen LogP contribution in [0.3, 0.4) is 0 Å². The van der Waals surface area contributed by atoms with E-state index >= 15 is 0 Å². The van der Waals surface area contributed by atoms with Crippen molar-refractivity contribution in [1.82, 2.24) is 0 Å². The van der Waals surface area contributed by atoms with Crippen LogP contribution in [-0.2, 0) is 38.1 Å². The molecule has 0 amide bonds. The average molecular weight is 380 g/mol. The Morgan fingerprint density at radius 1 is 0.808 bits per heavy atom. The summed E-state index contributed by atoms with van der Waals surface area (Å²) in [6, 6.07) is -1.00. The summed E-state index contributed by atoms with van der Waals surface area (Å²) in [5.41, 5.74) is 11.0. The maximum atomic E-state index is 10.7. The van der Waals surface area contributed by atoms with E-state index in [0.717, 1.165) is 0 Å². The molecule has 2 rings (SSSR count). The molecule has 2 saturated heterocycles. The van der Waals surface area contributed by atoms with E-state index in [1.165, 1.54) is 14.2 Å². The van der Waals surface area contributed by atoms with Gasteiger partial charge in [-0.1, -0.05) is 0 Å². The van der Waals surface area contributed by atoms with Crippen LogP contribution >= 0.6 is 0 Å². The van der Waals surface area contributed by atoms with Crippen molar-refractivity contribution in [2.24, 2.45) is 23.3 Å². The van der Waals surface area contributed by atoms with E-state index in [2.05, 4.69) is 9.47 Å². The van der Waals surface area contributed by atoms with Gasteiger partial charge in [-0.2, -0.15) is 0 Å². The number of ether oxygens (including phenoxy) is 4. The zero-order valence-electron chi connectivity index (χ0n) is 14.5. The third-order valence-electron chi connectivity index (χ3n) is 3.47. The number of carboxylic acids is 2. The molecule has 0 bridgehead atoms. The number of aliphatic carboxylic acids is 2. The molecular weight excluding hydrogens is 356 g/mol. The first kappa shape index (κ1) is 23.7. The number of carbonyl (C=O) groups excluding carboxylic acids is 2. The number of hydrogen-bond donors (Lipinski definition) is 4. The number of rotatable bonds is 4. The van der Waals surface area contributed by atoms with Crippen LogP contribution in [0.2, 0.25) is 0 Å². The Bertz CT molecular complexity index is 446. The third kappa shape index (κ3) is 8.20. The zero-order chi connectivity index (χ0) is 20.3. The molecule has 12 heteroatoms. The number of hydrogen-bond acceptors (Lipinski definition) is 10. The molecule has 0 spiro atoms. The second kappa shape index (κ2) is 12.1. The summed E-state index contributed by atoms with van der Waals surface area (Å²) >= 11 is 0. The second-order valence-corrected chi connectivity index (χ2v) is 5.30. The van der Waals surface area contributed by atoms with Gasteiger partial charge in [0.05, 0.1) is 40.6 Å². The molecule has 0 radical (unpaired) electrons. The van der Waals surface area contributed by atoms with Gasteiger partial charge in [0.25, 0.3) is 0 Å². The minimum Gasteiger partial charge on any atom is -0.473 e. The van der Waals surface area contributed by atoms with E-state index in [9.17, 15) is 9.59 Å². The van der Waals surface area contributed by atoms with Crippen LogP contribution in [0.25, 0.3) is 0 Å². The van der Waals surface area contributed by atoms with Crippen molar-refractivity contribution in [3.05, 3.63) is 0 Å². The molecule has 2 fully saturated rings. The first-order valence-electron chi connectivity index (χ1n) is 7.44. The fourth-order valence-corrected chi connectivity index (χ4v) is 1.58. The molecule has 2 aliphatic rings. The van der Waals surface area contributed by atoms with Gasteiger partial charge in [-0.05, 0) is 0 Å². The van der Waals surface area contributed by atoms with Crippen LogP contribution in [0.5, 0.6) is 0 Å². The van der Waals surface area contributed by atoms with Gasteiger partial charge in [0.1, 0.15) is 12.1 Å². The van der Waals surface area contributed by atoms with Crippen molar-refractivity contribution >= 4 is 23.9 Å². The SMILES string of the molecule is COC(=O)[C@H](N)C1COC1.COC(=O)[C@H](N)C1COC1.O=C(O)C(=O)O. The van der Waals surface area contributed by atoms with Crippen LogP contribution in [0.4, 0.5) is 0 Å². The van der Waals surface area contributed by atoms with E-state index < -0.39 is 24.0 Å². The summed E-state index contributed by atoms with van der Waals surface area (Å²) in [4.78, 5) is 39.7. The van der Waals surface area contributed by atoms with E-state index in [4.69, 9.17) is 40.7 Å². The Labute approximate surface area is 149 Å². The molecule has 0 aromatic rings. The molecule has 2 heterocycles. The number of nitrogens with two attached hydrogens (primary N) is 2. The molecule has 0 aliphatic carbocycles. The van der Waals surface area contributed by atoms with Gasteiger partial charge in [-0.3, -0.25) is 9.59 Å². The Morgan fingerprint density at radius 3 is 1.19 bits per heavy atom. The number of carboxylic acid groups (broad SMARTS) is 2. The van der Waals surface area contributed by atoms with Crippen molar-refractivity contribution in [3.8, 4) is 0 Å². The van der Waals surface area contributed by atoms with Crippen molar-refractivity contribution in [2.75, 3.05) is 40.6 Å². The lowest BCUT2D eigenvalue weighted by Gasteiger charge is -2.29. The summed E-state index contributed by atoms with van der Waals surface area (Å²) in [6.07, 6.45) is 0. The van der Waals surface area contributed by atoms with E-state index in [-0.39, 0.29) is 23.8 Å². The van der Waals surface area contributed by atoms with Gasteiger partial charge >= 0.3 is 23.9 Å². The van der Waals surface area contributed by atoms with Crippen molar-refractivity contribution in [1.29, 1.82) is 0 Å². The average Bonchev–Trinajstić information content (AvgIpc) is 2.50. The molecule has 0 saturated carbocycles. The number of methoxy groups -OCH3 is 2. The molecule has 6 N–H and O–H groups in total. The molecule has 0 aromatic carbocycles.